The maximum Gasteiger partial charge on any atom is 0.220 e. The Morgan fingerprint density at radius 1 is 1.44 bits per heavy atom. The van der Waals surface area contributed by atoms with Crippen molar-refractivity contribution in [2.75, 3.05) is 19.6 Å². The fourth-order valence-electron chi connectivity index (χ4n) is 1.90. The highest BCUT2D eigenvalue weighted by atomic mass is 35.5. The summed E-state index contributed by atoms with van der Waals surface area (Å²) in [5, 5.41) is 6.39. The molecule has 1 aliphatic rings. The first-order chi connectivity index (χ1) is 6.97. The molecule has 1 saturated heterocycles. The maximum absolute atomic E-state index is 11.6. The van der Waals surface area contributed by atoms with Gasteiger partial charge in [-0.05, 0) is 37.3 Å². The van der Waals surface area contributed by atoms with Crippen LogP contribution in [0.15, 0.2) is 0 Å². The molecule has 3 nitrogen and oxygen atoms in total. The Labute approximate surface area is 105 Å². The third-order valence-electron chi connectivity index (χ3n) is 2.68. The number of carbonyl (C=O) groups is 1. The number of hydrogen-bond acceptors (Lipinski definition) is 2. The highest BCUT2D eigenvalue weighted by Crippen LogP contribution is 2.18. The van der Waals surface area contributed by atoms with Crippen LogP contribution in [0.1, 0.15) is 40.0 Å². The van der Waals surface area contributed by atoms with Gasteiger partial charge in [0.2, 0.25) is 5.91 Å². The van der Waals surface area contributed by atoms with E-state index in [1.807, 2.05) is 0 Å². The molecule has 96 valence electrons. The molecule has 1 heterocycles. The molecule has 0 aromatic heterocycles. The summed E-state index contributed by atoms with van der Waals surface area (Å²) in [5.41, 5.74) is 0.0922. The molecule has 1 rings (SSSR count). The number of carbonyl (C=O) groups excluding carboxylic acids is 1. The molecule has 1 unspecified atom stereocenters. The van der Waals surface area contributed by atoms with E-state index in [0.717, 1.165) is 19.6 Å². The van der Waals surface area contributed by atoms with E-state index >= 15 is 0 Å². The van der Waals surface area contributed by atoms with Crippen molar-refractivity contribution in [3.63, 3.8) is 0 Å². The topological polar surface area (TPSA) is 41.1 Å². The van der Waals surface area contributed by atoms with Crippen LogP contribution in [0.5, 0.6) is 0 Å². The van der Waals surface area contributed by atoms with E-state index in [4.69, 9.17) is 0 Å². The van der Waals surface area contributed by atoms with Gasteiger partial charge in [-0.1, -0.05) is 20.8 Å². The van der Waals surface area contributed by atoms with Crippen molar-refractivity contribution in [2.45, 2.75) is 40.0 Å². The second-order valence-corrected chi connectivity index (χ2v) is 5.75. The molecule has 0 saturated carbocycles. The zero-order valence-electron chi connectivity index (χ0n) is 10.6. The number of nitrogens with one attached hydrogen (secondary N) is 2. The normalized spacial score (nSPS) is 21.1. The molecule has 0 spiro atoms. The molecule has 0 bridgehead atoms. The van der Waals surface area contributed by atoms with Crippen molar-refractivity contribution >= 4 is 18.3 Å². The van der Waals surface area contributed by atoms with Gasteiger partial charge < -0.3 is 10.6 Å². The van der Waals surface area contributed by atoms with Gasteiger partial charge in [-0.3, -0.25) is 4.79 Å². The summed E-state index contributed by atoms with van der Waals surface area (Å²) >= 11 is 0. The molecule has 1 amide bonds. The first kappa shape index (κ1) is 15.7. The van der Waals surface area contributed by atoms with Gasteiger partial charge in [-0.2, -0.15) is 0 Å². The second kappa shape index (κ2) is 7.13. The summed E-state index contributed by atoms with van der Waals surface area (Å²) in [7, 11) is 0. The molecule has 0 radical (unpaired) electrons. The summed E-state index contributed by atoms with van der Waals surface area (Å²) in [6, 6.07) is 0. The van der Waals surface area contributed by atoms with Crippen LogP contribution in [-0.4, -0.2) is 25.5 Å². The number of amides is 1. The predicted octanol–water partition coefficient (Wildman–Crippen LogP) is 1.96. The van der Waals surface area contributed by atoms with Crippen LogP contribution >= 0.6 is 12.4 Å². The van der Waals surface area contributed by atoms with Crippen molar-refractivity contribution in [1.29, 1.82) is 0 Å². The van der Waals surface area contributed by atoms with Crippen LogP contribution in [0.2, 0.25) is 0 Å². The first-order valence-electron chi connectivity index (χ1n) is 5.95. The smallest absolute Gasteiger partial charge is 0.220 e. The summed E-state index contributed by atoms with van der Waals surface area (Å²) < 4.78 is 0. The minimum atomic E-state index is 0. The van der Waals surface area contributed by atoms with Gasteiger partial charge in [-0.25, -0.2) is 0 Å². The van der Waals surface area contributed by atoms with E-state index in [0.29, 0.717) is 12.3 Å². The number of hydrogen-bond donors (Lipinski definition) is 2. The molecule has 1 aliphatic heterocycles. The predicted molar refractivity (Wildman–Crippen MR) is 69.9 cm³/mol. The van der Waals surface area contributed by atoms with E-state index in [9.17, 15) is 4.79 Å². The summed E-state index contributed by atoms with van der Waals surface area (Å²) in [4.78, 5) is 11.6. The SMILES string of the molecule is CC(C)(C)CC(=O)NCC1CCCNC1.Cl. The van der Waals surface area contributed by atoms with E-state index in [1.54, 1.807) is 0 Å². The standard InChI is InChI=1S/C12H24N2O.ClH/c1-12(2,3)7-11(15)14-9-10-5-4-6-13-8-10;/h10,13H,4-9H2,1-3H3,(H,14,15);1H. The lowest BCUT2D eigenvalue weighted by atomic mass is 9.91. The van der Waals surface area contributed by atoms with Crippen LogP contribution in [0.4, 0.5) is 0 Å². The molecule has 0 aromatic carbocycles. The van der Waals surface area contributed by atoms with Crippen LogP contribution in [0.3, 0.4) is 0 Å². The monoisotopic (exact) mass is 248 g/mol. The van der Waals surface area contributed by atoms with Gasteiger partial charge in [0.25, 0.3) is 0 Å². The fraction of sp³-hybridized carbons (Fsp3) is 0.917. The quantitative estimate of drug-likeness (QED) is 0.802. The minimum absolute atomic E-state index is 0. The molecule has 16 heavy (non-hydrogen) atoms. The average Bonchev–Trinajstić information content (AvgIpc) is 2.14. The highest BCUT2D eigenvalue weighted by Gasteiger charge is 2.18. The largest absolute Gasteiger partial charge is 0.356 e. The molecule has 1 fully saturated rings. The van der Waals surface area contributed by atoms with E-state index in [2.05, 4.69) is 31.4 Å². The van der Waals surface area contributed by atoms with Crippen molar-refractivity contribution in [3.8, 4) is 0 Å². The van der Waals surface area contributed by atoms with E-state index in [-0.39, 0.29) is 23.7 Å². The van der Waals surface area contributed by atoms with Crippen LogP contribution in [-0.2, 0) is 4.79 Å². The highest BCUT2D eigenvalue weighted by molar-refractivity contribution is 5.85. The Hall–Kier alpha value is -0.280. The molecular weight excluding hydrogens is 224 g/mol. The minimum Gasteiger partial charge on any atom is -0.356 e. The summed E-state index contributed by atoms with van der Waals surface area (Å²) in [6.07, 6.45) is 3.09. The van der Waals surface area contributed by atoms with E-state index in [1.165, 1.54) is 12.8 Å². The first-order valence-corrected chi connectivity index (χ1v) is 5.95. The van der Waals surface area contributed by atoms with Crippen molar-refractivity contribution in [3.05, 3.63) is 0 Å². The Morgan fingerprint density at radius 3 is 2.62 bits per heavy atom. The van der Waals surface area contributed by atoms with Gasteiger partial charge in [-0.15, -0.1) is 12.4 Å². The number of halogens is 1. The third kappa shape index (κ3) is 7.07. The average molecular weight is 249 g/mol. The van der Waals surface area contributed by atoms with Gasteiger partial charge in [0, 0.05) is 13.0 Å². The zero-order valence-corrected chi connectivity index (χ0v) is 11.5. The zero-order chi connectivity index (χ0) is 11.3. The van der Waals surface area contributed by atoms with Crippen molar-refractivity contribution in [2.24, 2.45) is 11.3 Å². The van der Waals surface area contributed by atoms with Gasteiger partial charge in [0.15, 0.2) is 0 Å². The maximum atomic E-state index is 11.6. The second-order valence-electron chi connectivity index (χ2n) is 5.75. The molecule has 1 atom stereocenters. The third-order valence-corrected chi connectivity index (χ3v) is 2.68. The van der Waals surface area contributed by atoms with Gasteiger partial charge >= 0.3 is 0 Å². The number of piperidine rings is 1. The van der Waals surface area contributed by atoms with Gasteiger partial charge in [0.1, 0.15) is 0 Å². The Bertz CT molecular complexity index is 208. The Kier molecular flexibility index (Phi) is 7.00. The molecule has 4 heteroatoms. The number of rotatable bonds is 3. The van der Waals surface area contributed by atoms with Crippen molar-refractivity contribution < 1.29 is 4.79 Å². The lowest BCUT2D eigenvalue weighted by Crippen LogP contribution is -2.38. The molecule has 0 aromatic rings. The lowest BCUT2D eigenvalue weighted by Gasteiger charge is -2.24. The molecule has 2 N–H and O–H groups in total. The molecular formula is C12H25ClN2O. The Balaban J connectivity index is 0.00000225. The van der Waals surface area contributed by atoms with Gasteiger partial charge in [0.05, 0.1) is 0 Å². The summed E-state index contributed by atoms with van der Waals surface area (Å²) in [5.74, 6) is 0.816. The summed E-state index contributed by atoms with van der Waals surface area (Å²) in [6.45, 7) is 9.29. The Morgan fingerprint density at radius 2 is 2.12 bits per heavy atom. The van der Waals surface area contributed by atoms with Crippen LogP contribution in [0.25, 0.3) is 0 Å². The van der Waals surface area contributed by atoms with Crippen LogP contribution < -0.4 is 10.6 Å². The van der Waals surface area contributed by atoms with Crippen LogP contribution in [0, 0.1) is 11.3 Å². The lowest BCUT2D eigenvalue weighted by molar-refractivity contribution is -0.123. The van der Waals surface area contributed by atoms with Crippen molar-refractivity contribution in [1.82, 2.24) is 10.6 Å². The fourth-order valence-corrected chi connectivity index (χ4v) is 1.90. The van der Waals surface area contributed by atoms with E-state index < -0.39 is 0 Å². The molecule has 0 aliphatic carbocycles.